The van der Waals surface area contributed by atoms with Crippen LogP contribution in [0.5, 0.6) is 0 Å². The maximum Gasteiger partial charge on any atom is 0.337 e. The molecule has 2 aliphatic rings. The Labute approximate surface area is 219 Å². The average molecular weight is 500 g/mol. The molecule has 5 rings (SSSR count). The molecule has 3 aromatic rings. The monoisotopic (exact) mass is 499 g/mol. The quantitative estimate of drug-likeness (QED) is 0.362. The maximum absolute atomic E-state index is 12.1. The number of anilines is 5. The Morgan fingerprint density at radius 1 is 0.919 bits per heavy atom. The van der Waals surface area contributed by atoms with Crippen LogP contribution in [0.4, 0.5) is 28.4 Å². The van der Waals surface area contributed by atoms with Crippen molar-refractivity contribution >= 4 is 34.4 Å². The molecule has 6 nitrogen and oxygen atoms in total. The van der Waals surface area contributed by atoms with E-state index in [9.17, 15) is 9.90 Å². The van der Waals surface area contributed by atoms with Gasteiger partial charge in [-0.05, 0) is 85.3 Å². The molecule has 37 heavy (non-hydrogen) atoms. The van der Waals surface area contributed by atoms with Gasteiger partial charge in [-0.25, -0.2) is 4.79 Å². The molecular weight excluding hydrogens is 462 g/mol. The van der Waals surface area contributed by atoms with Crippen LogP contribution in [0, 0.1) is 6.92 Å². The number of nitrogens with one attached hydrogen (secondary N) is 1. The van der Waals surface area contributed by atoms with Gasteiger partial charge in [0.15, 0.2) is 0 Å². The highest BCUT2D eigenvalue weighted by atomic mass is 16.5. The van der Waals surface area contributed by atoms with Crippen molar-refractivity contribution < 1.29 is 14.6 Å². The van der Waals surface area contributed by atoms with Gasteiger partial charge in [0, 0.05) is 42.9 Å². The van der Waals surface area contributed by atoms with Gasteiger partial charge in [0.05, 0.1) is 24.5 Å². The predicted octanol–water partition coefficient (Wildman–Crippen LogP) is 7.09. The van der Waals surface area contributed by atoms with Gasteiger partial charge in [0.1, 0.15) is 0 Å². The summed E-state index contributed by atoms with van der Waals surface area (Å²) in [5.41, 5.74) is 7.43. The van der Waals surface area contributed by atoms with Crippen molar-refractivity contribution in [2.75, 3.05) is 48.5 Å². The second-order valence-corrected chi connectivity index (χ2v) is 10.2. The zero-order valence-electron chi connectivity index (χ0n) is 21.9. The number of hydrogen-bond donors (Lipinski definition) is 2. The molecule has 0 radical (unpaired) electrons. The fraction of sp³-hybridized carbons (Fsp3) is 0.387. The minimum Gasteiger partial charge on any atom is -0.478 e. The van der Waals surface area contributed by atoms with Crippen molar-refractivity contribution in [3.8, 4) is 0 Å². The Hall–Kier alpha value is -3.51. The van der Waals surface area contributed by atoms with Gasteiger partial charge in [-0.1, -0.05) is 31.4 Å². The Bertz CT molecular complexity index is 1230. The number of morpholine rings is 1. The highest BCUT2D eigenvalue weighted by molar-refractivity contribution is 5.96. The van der Waals surface area contributed by atoms with Crippen LogP contribution in [0.25, 0.3) is 0 Å². The van der Waals surface area contributed by atoms with E-state index >= 15 is 0 Å². The van der Waals surface area contributed by atoms with E-state index in [-0.39, 0.29) is 5.56 Å². The van der Waals surface area contributed by atoms with Crippen molar-refractivity contribution in [2.24, 2.45) is 0 Å². The molecule has 1 saturated heterocycles. The fourth-order valence-electron chi connectivity index (χ4n) is 5.53. The lowest BCUT2D eigenvalue weighted by molar-refractivity contribution is 0.0698. The minimum absolute atomic E-state index is 0.266. The molecular formula is C31H37N3O3. The third-order valence-electron chi connectivity index (χ3n) is 7.83. The molecule has 2 fully saturated rings. The summed E-state index contributed by atoms with van der Waals surface area (Å²) in [5, 5.41) is 13.3. The Morgan fingerprint density at radius 2 is 1.59 bits per heavy atom. The van der Waals surface area contributed by atoms with E-state index in [4.69, 9.17) is 4.74 Å². The number of hydrogen-bond acceptors (Lipinski definition) is 5. The highest BCUT2D eigenvalue weighted by Gasteiger charge is 2.18. The van der Waals surface area contributed by atoms with Gasteiger partial charge in [-0.3, -0.25) is 0 Å². The summed E-state index contributed by atoms with van der Waals surface area (Å²) in [5.74, 6) is -0.234. The molecule has 0 bridgehead atoms. The summed E-state index contributed by atoms with van der Waals surface area (Å²) in [7, 11) is 2.09. The van der Waals surface area contributed by atoms with Gasteiger partial charge in [-0.15, -0.1) is 0 Å². The first-order valence-corrected chi connectivity index (χ1v) is 13.4. The minimum atomic E-state index is -0.941. The van der Waals surface area contributed by atoms with Crippen LogP contribution in [-0.2, 0) is 4.74 Å². The third kappa shape index (κ3) is 5.75. The maximum atomic E-state index is 12.1. The second-order valence-electron chi connectivity index (χ2n) is 10.2. The molecule has 0 amide bonds. The highest BCUT2D eigenvalue weighted by Crippen LogP contribution is 2.35. The van der Waals surface area contributed by atoms with Crippen molar-refractivity contribution in [3.63, 3.8) is 0 Å². The zero-order valence-corrected chi connectivity index (χ0v) is 21.9. The van der Waals surface area contributed by atoms with E-state index in [0.717, 1.165) is 41.4 Å². The summed E-state index contributed by atoms with van der Waals surface area (Å²) >= 11 is 0. The standard InChI is InChI=1S/C31H37N3O3/c1-22-20-26(33(2)25-10-8-24(9-11-25)23-6-4-3-5-7-23)12-14-29(22)32-30-15-13-27(21-28(30)31(35)36)34-16-18-37-19-17-34/h8-15,20-21,23,32H,3-7,16-19H2,1-2H3,(H,35,36). The molecule has 0 aromatic heterocycles. The number of aryl methyl sites for hydroxylation is 1. The van der Waals surface area contributed by atoms with Gasteiger partial charge >= 0.3 is 5.97 Å². The molecule has 6 heteroatoms. The van der Waals surface area contributed by atoms with E-state index in [2.05, 4.69) is 58.6 Å². The molecule has 0 unspecified atom stereocenters. The number of carboxylic acid groups (broad SMARTS) is 1. The van der Waals surface area contributed by atoms with Crippen LogP contribution in [0.1, 0.15) is 59.5 Å². The number of aromatic carboxylic acids is 1. The summed E-state index contributed by atoms with van der Waals surface area (Å²) in [6.45, 7) is 4.90. The first kappa shape index (κ1) is 25.2. The Morgan fingerprint density at radius 3 is 2.27 bits per heavy atom. The lowest BCUT2D eigenvalue weighted by Gasteiger charge is -2.29. The molecule has 2 N–H and O–H groups in total. The Kier molecular flexibility index (Phi) is 7.65. The predicted molar refractivity (Wildman–Crippen MR) is 151 cm³/mol. The smallest absolute Gasteiger partial charge is 0.337 e. The van der Waals surface area contributed by atoms with Crippen molar-refractivity contribution in [2.45, 2.75) is 44.9 Å². The number of carbonyl (C=O) groups is 1. The summed E-state index contributed by atoms with van der Waals surface area (Å²) in [6, 6.07) is 20.9. The van der Waals surface area contributed by atoms with Crippen LogP contribution in [0.3, 0.4) is 0 Å². The first-order valence-electron chi connectivity index (χ1n) is 13.4. The number of nitrogens with zero attached hydrogens (tertiary/aromatic N) is 2. The van der Waals surface area contributed by atoms with E-state index < -0.39 is 5.97 Å². The summed E-state index contributed by atoms with van der Waals surface area (Å²) < 4.78 is 5.43. The number of carboxylic acids is 1. The van der Waals surface area contributed by atoms with Crippen LogP contribution in [0.2, 0.25) is 0 Å². The average Bonchev–Trinajstić information content (AvgIpc) is 2.95. The SMILES string of the molecule is Cc1cc(N(C)c2ccc(C3CCCCC3)cc2)ccc1Nc1ccc(N2CCOCC2)cc1C(=O)O. The number of rotatable bonds is 7. The van der Waals surface area contributed by atoms with E-state index in [0.29, 0.717) is 24.8 Å². The third-order valence-corrected chi connectivity index (χ3v) is 7.83. The molecule has 1 aliphatic carbocycles. The first-order chi connectivity index (χ1) is 18.0. The normalized spacial score (nSPS) is 16.4. The zero-order chi connectivity index (χ0) is 25.8. The molecule has 0 atom stereocenters. The topological polar surface area (TPSA) is 65.0 Å². The molecule has 1 aliphatic heterocycles. The van der Waals surface area contributed by atoms with Gasteiger partial charge < -0.3 is 25.0 Å². The molecule has 194 valence electrons. The van der Waals surface area contributed by atoms with Gasteiger partial charge in [0.2, 0.25) is 0 Å². The number of ether oxygens (including phenoxy) is 1. The lowest BCUT2D eigenvalue weighted by Crippen LogP contribution is -2.36. The van der Waals surface area contributed by atoms with E-state index in [1.54, 1.807) is 6.07 Å². The van der Waals surface area contributed by atoms with Gasteiger partial charge in [0.25, 0.3) is 0 Å². The van der Waals surface area contributed by atoms with Crippen molar-refractivity contribution in [1.29, 1.82) is 0 Å². The van der Waals surface area contributed by atoms with E-state index in [1.807, 2.05) is 25.1 Å². The summed E-state index contributed by atoms with van der Waals surface area (Å²) in [4.78, 5) is 16.4. The fourth-order valence-corrected chi connectivity index (χ4v) is 5.53. The van der Waals surface area contributed by atoms with Crippen LogP contribution < -0.4 is 15.1 Å². The second kappa shape index (κ2) is 11.3. The van der Waals surface area contributed by atoms with Crippen molar-refractivity contribution in [3.05, 3.63) is 77.4 Å². The Balaban J connectivity index is 1.31. The summed E-state index contributed by atoms with van der Waals surface area (Å²) in [6.07, 6.45) is 6.68. The molecule has 0 spiro atoms. The van der Waals surface area contributed by atoms with E-state index in [1.165, 1.54) is 37.7 Å². The lowest BCUT2D eigenvalue weighted by atomic mass is 9.84. The number of benzene rings is 3. The van der Waals surface area contributed by atoms with Crippen molar-refractivity contribution in [1.82, 2.24) is 0 Å². The van der Waals surface area contributed by atoms with Crippen LogP contribution in [-0.4, -0.2) is 44.4 Å². The van der Waals surface area contributed by atoms with Crippen LogP contribution >= 0.6 is 0 Å². The van der Waals surface area contributed by atoms with Gasteiger partial charge in [-0.2, -0.15) is 0 Å². The van der Waals surface area contributed by atoms with Crippen LogP contribution in [0.15, 0.2) is 60.7 Å². The molecule has 1 saturated carbocycles. The molecule has 3 aromatic carbocycles. The molecule has 1 heterocycles. The largest absolute Gasteiger partial charge is 0.478 e.